The van der Waals surface area contributed by atoms with E-state index in [2.05, 4.69) is 0 Å². The van der Waals surface area contributed by atoms with Crippen molar-refractivity contribution in [3.8, 4) is 0 Å². The van der Waals surface area contributed by atoms with Gasteiger partial charge in [0, 0.05) is 0 Å². The van der Waals surface area contributed by atoms with Gasteiger partial charge in [-0.05, 0) is 0 Å². The van der Waals surface area contributed by atoms with Crippen molar-refractivity contribution in [2.24, 2.45) is 0 Å². The van der Waals surface area contributed by atoms with E-state index in [0.29, 0.717) is 0 Å². The van der Waals surface area contributed by atoms with E-state index in [4.69, 9.17) is 6.65 Å². The van der Waals surface area contributed by atoms with Gasteiger partial charge in [0.1, 0.15) is 0 Å². The third kappa shape index (κ3) is 109. The maximum absolute atomic E-state index is 8.50. The van der Waals surface area contributed by atoms with E-state index in [1.165, 1.54) is 0 Å². The Kier molecular flexibility index (Phi) is 441. The van der Waals surface area contributed by atoms with Crippen LogP contribution in [0, 0.1) is 0 Å². The predicted molar refractivity (Wildman–Crippen MR) is 14.9 cm³/mol. The monoisotopic (exact) mass is 370 g/mol. The Morgan fingerprint density at radius 2 is 0.750 bits per heavy atom. The molecule has 5 nitrogen and oxygen atoms in total. The zero-order valence-electron chi connectivity index (χ0n) is 3.44. The molecule has 0 aliphatic carbocycles. The first-order chi connectivity index (χ1) is 1.41. The molecule has 0 fully saturated rings. The van der Waals surface area contributed by atoms with Gasteiger partial charge in [0.25, 0.3) is 0 Å². The zero-order chi connectivity index (χ0) is 2.71. The summed E-state index contributed by atoms with van der Waals surface area (Å²) in [5.41, 5.74) is 0. The van der Waals surface area contributed by atoms with Crippen LogP contribution in [0.2, 0.25) is 0 Å². The van der Waals surface area contributed by atoms with Crippen molar-refractivity contribution < 1.29 is 42.2 Å². The molecular weight excluding hydrogens is 371 g/mol. The van der Waals surface area contributed by atoms with E-state index in [0.717, 1.165) is 0 Å². The van der Waals surface area contributed by atoms with Gasteiger partial charge in [-0.2, -0.15) is 0 Å². The third-order valence-corrected chi connectivity index (χ3v) is 0. The van der Waals surface area contributed by atoms with Crippen LogP contribution in [0.5, 0.6) is 0 Å². The van der Waals surface area contributed by atoms with E-state index in [1.54, 1.807) is 0 Å². The summed E-state index contributed by atoms with van der Waals surface area (Å²) in [6.45, 7) is 0. The zero-order valence-corrected chi connectivity index (χ0v) is 10.1. The van der Waals surface area contributed by atoms with E-state index in [-0.39, 0.29) is 65.3 Å². The molecule has 0 rings (SSSR count). The molecule has 0 aliphatic heterocycles. The maximum atomic E-state index is 8.50. The van der Waals surface area contributed by atoms with Crippen molar-refractivity contribution in [2.75, 3.05) is 0 Å². The Morgan fingerprint density at radius 1 is 0.750 bits per heavy atom. The molecule has 0 bridgehead atoms. The second-order valence-electron chi connectivity index (χ2n) is 0.0833. The number of hydrogen-bond acceptors (Lipinski definition) is 2. The molecule has 8 heteroatoms. The van der Waals surface area contributed by atoms with E-state index >= 15 is 0 Å². The largest absolute Gasteiger partial charge is 3.00 e. The van der Waals surface area contributed by atoms with Gasteiger partial charge < -0.3 is 16.4 Å². The van der Waals surface area contributed by atoms with Crippen LogP contribution in [0.15, 0.2) is 0 Å². The van der Waals surface area contributed by atoms with Crippen LogP contribution in [0.3, 0.4) is 0 Å². The quantitative estimate of drug-likeness (QED) is 0.489. The predicted octanol–water partition coefficient (Wildman–Crippen LogP) is -1.36. The summed E-state index contributed by atoms with van der Waals surface area (Å²) in [5.74, 6) is 0. The Morgan fingerprint density at radius 3 is 0.750 bits per heavy atom. The minimum atomic E-state index is -2.00. The Hall–Kier alpha value is 1.83. The Balaban J connectivity index is -0.00000000200. The van der Waals surface area contributed by atoms with Gasteiger partial charge in [-0.25, -0.2) is 0 Å². The molecule has 0 aliphatic rings. The van der Waals surface area contributed by atoms with Crippen molar-refractivity contribution in [3.63, 3.8) is 0 Å². The fraction of sp³-hybridized carbons (Fsp3) is 0. The first-order valence-electron chi connectivity index (χ1n) is 0.408. The van der Waals surface area contributed by atoms with Crippen LogP contribution < -0.4 is 0 Å². The fourth-order valence-electron chi connectivity index (χ4n) is 0. The van der Waals surface area contributed by atoms with Crippen molar-refractivity contribution in [1.29, 1.82) is 0 Å². The Labute approximate surface area is 90.0 Å². The first kappa shape index (κ1) is 52.2. The van der Waals surface area contributed by atoms with E-state index < -0.39 is 19.1 Å². The second-order valence-corrected chi connectivity index (χ2v) is 0.344. The molecule has 0 aromatic rings. The summed E-state index contributed by atoms with van der Waals surface area (Å²) < 4.78 is 17.0. The van der Waals surface area contributed by atoms with Crippen LogP contribution >= 0.6 is 0 Å². The van der Waals surface area contributed by atoms with Crippen LogP contribution in [-0.4, -0.2) is 48.9 Å². The van der Waals surface area contributed by atoms with E-state index in [1.807, 2.05) is 0 Å². The molecule has 44 valence electrons. The standard InChI is InChI=1S/5O.2Sb.Ti/q;;3*-2;2*+3;. The number of hydrogen-bond donors (Lipinski definition) is 0. The maximum Gasteiger partial charge on any atom is 3.00 e. The van der Waals surface area contributed by atoms with Crippen molar-refractivity contribution in [2.45, 2.75) is 0 Å². The molecule has 0 saturated heterocycles. The molecule has 0 spiro atoms. The molecule has 0 unspecified atom stereocenters. The van der Waals surface area contributed by atoms with Gasteiger partial charge in [0.05, 0.1) is 0 Å². The molecule has 0 aromatic carbocycles. The third-order valence-electron chi connectivity index (χ3n) is 0. The second kappa shape index (κ2) is 67.6. The molecule has 0 atom stereocenters. The Bertz CT molecular complexity index is 31.4. The summed E-state index contributed by atoms with van der Waals surface area (Å²) in [7, 11) is 0. The minimum Gasteiger partial charge on any atom is 3.00 e. The molecule has 8 heavy (non-hydrogen) atoms. The van der Waals surface area contributed by atoms with Crippen LogP contribution in [-0.2, 0) is 42.2 Å². The molecule has 0 heterocycles. The van der Waals surface area contributed by atoms with Crippen LogP contribution in [0.25, 0.3) is 0 Å². The van der Waals surface area contributed by atoms with Crippen molar-refractivity contribution in [3.05, 3.63) is 0 Å². The van der Waals surface area contributed by atoms with Gasteiger partial charge in [0.15, 0.2) is 0 Å². The fourth-order valence-corrected chi connectivity index (χ4v) is 0. The molecule has 4 radical (unpaired) electrons. The topological polar surface area (TPSA) is 120 Å². The molecule has 0 saturated carbocycles. The molecule has 0 N–H and O–H groups in total. The van der Waals surface area contributed by atoms with Gasteiger partial charge in [-0.1, -0.05) is 0 Å². The number of rotatable bonds is 0. The van der Waals surface area contributed by atoms with Gasteiger partial charge in [-0.15, -0.1) is 0 Å². The SMILES string of the molecule is [O-2].[O-2].[O-2].[O]=[Ti]=[O].[Sb+3].[Sb+3]. The molecule has 0 amide bonds. The average molecular weight is 371 g/mol. The van der Waals surface area contributed by atoms with Crippen LogP contribution in [0.1, 0.15) is 0 Å². The van der Waals surface area contributed by atoms with Crippen LogP contribution in [0.4, 0.5) is 0 Å². The summed E-state index contributed by atoms with van der Waals surface area (Å²) in [4.78, 5) is 0. The van der Waals surface area contributed by atoms with Crippen molar-refractivity contribution >= 4 is 48.9 Å². The van der Waals surface area contributed by atoms with Gasteiger partial charge in [0.2, 0.25) is 0 Å². The summed E-state index contributed by atoms with van der Waals surface area (Å²) in [6, 6.07) is 0. The summed E-state index contributed by atoms with van der Waals surface area (Å²) in [6.07, 6.45) is 0. The molecule has 0 aromatic heterocycles. The van der Waals surface area contributed by atoms with Gasteiger partial charge in [-0.3, -0.25) is 0 Å². The van der Waals surface area contributed by atoms with E-state index in [9.17, 15) is 0 Å². The average Bonchev–Trinajstić information content (AvgIpc) is 0.918. The normalized spacial score (nSPS) is 1.00. The molecular formula is O5Sb2Ti. The van der Waals surface area contributed by atoms with Crippen molar-refractivity contribution in [1.82, 2.24) is 0 Å². The smallest absolute Gasteiger partial charge is 3.00 e. The summed E-state index contributed by atoms with van der Waals surface area (Å²) >= 11 is -2.00. The first-order valence-corrected chi connectivity index (χ1v) is 1.68. The summed E-state index contributed by atoms with van der Waals surface area (Å²) in [5, 5.41) is 0. The minimum absolute atomic E-state index is 0. The van der Waals surface area contributed by atoms with Gasteiger partial charge >= 0.3 is 74.6 Å².